The lowest BCUT2D eigenvalue weighted by molar-refractivity contribution is -0.139. The number of carbonyl (C=O) groups excluding carboxylic acids is 1. The normalized spacial score (nSPS) is 9.89. The van der Waals surface area contributed by atoms with Crippen molar-refractivity contribution in [3.8, 4) is 11.5 Å². The van der Waals surface area contributed by atoms with Crippen molar-refractivity contribution in [2.45, 2.75) is 13.3 Å². The third kappa shape index (κ3) is 4.41. The summed E-state index contributed by atoms with van der Waals surface area (Å²) in [7, 11) is 0. The smallest absolute Gasteiger partial charge is 0.333 e. The molecular weight excluding hydrogens is 300 g/mol. The third-order valence-corrected chi connectivity index (χ3v) is 2.72. The van der Waals surface area contributed by atoms with Crippen molar-refractivity contribution in [3.05, 3.63) is 34.8 Å². The van der Waals surface area contributed by atoms with Crippen molar-refractivity contribution in [2.24, 2.45) is 0 Å². The summed E-state index contributed by atoms with van der Waals surface area (Å²) in [6.45, 7) is 5.69. The first kappa shape index (κ1) is 14.6. The van der Waals surface area contributed by atoms with Crippen molar-refractivity contribution in [1.82, 2.24) is 0 Å². The average Bonchev–Trinajstić information content (AvgIpc) is 2.33. The molecule has 5 heteroatoms. The zero-order valence-electron chi connectivity index (χ0n) is 10.1. The zero-order chi connectivity index (χ0) is 13.5. The minimum atomic E-state index is -0.402. The number of aromatic hydroxyl groups is 1. The topological polar surface area (TPSA) is 55.8 Å². The molecule has 0 spiro atoms. The second-order valence-electron chi connectivity index (χ2n) is 3.70. The maximum absolute atomic E-state index is 11.1. The van der Waals surface area contributed by atoms with Gasteiger partial charge >= 0.3 is 5.97 Å². The molecule has 0 aliphatic heterocycles. The monoisotopic (exact) mass is 314 g/mol. The van der Waals surface area contributed by atoms with Crippen LogP contribution in [0.15, 0.2) is 34.8 Å². The van der Waals surface area contributed by atoms with Gasteiger partial charge in [-0.3, -0.25) is 0 Å². The van der Waals surface area contributed by atoms with Crippen LogP contribution in [0.1, 0.15) is 13.3 Å². The van der Waals surface area contributed by atoms with E-state index in [0.29, 0.717) is 28.8 Å². The van der Waals surface area contributed by atoms with Crippen molar-refractivity contribution in [2.75, 3.05) is 13.2 Å². The molecule has 0 heterocycles. The fourth-order valence-electron chi connectivity index (χ4n) is 1.14. The Labute approximate surface area is 114 Å². The number of benzene rings is 1. The third-order valence-electron chi connectivity index (χ3n) is 2.08. The maximum Gasteiger partial charge on any atom is 0.333 e. The summed E-state index contributed by atoms with van der Waals surface area (Å²) in [5, 5.41) is 9.65. The van der Waals surface area contributed by atoms with Gasteiger partial charge in [0.05, 0.1) is 17.7 Å². The van der Waals surface area contributed by atoms with Gasteiger partial charge in [0.15, 0.2) is 11.5 Å². The number of para-hydroxylation sites is 1. The minimum Gasteiger partial charge on any atom is -0.503 e. The predicted octanol–water partition coefficient (Wildman–Crippen LogP) is 3.04. The van der Waals surface area contributed by atoms with Gasteiger partial charge in [0, 0.05) is 12.0 Å². The SMILES string of the molecule is C=C(C)C(=O)OCCCOc1cccc(Br)c1O. The van der Waals surface area contributed by atoms with E-state index in [1.165, 1.54) is 0 Å². The summed E-state index contributed by atoms with van der Waals surface area (Å²) in [6, 6.07) is 5.15. The van der Waals surface area contributed by atoms with E-state index in [1.807, 2.05) is 0 Å². The van der Waals surface area contributed by atoms with Gasteiger partial charge in [-0.25, -0.2) is 4.79 Å². The van der Waals surface area contributed by atoms with Gasteiger partial charge in [0.2, 0.25) is 0 Å². The molecule has 0 aliphatic rings. The van der Waals surface area contributed by atoms with Crippen LogP contribution in [0.5, 0.6) is 11.5 Å². The molecular formula is C13H15BrO4. The number of hydrogen-bond acceptors (Lipinski definition) is 4. The molecule has 0 aliphatic carbocycles. The standard InChI is InChI=1S/C13H15BrO4/c1-9(2)13(16)18-8-4-7-17-11-6-3-5-10(14)12(11)15/h3,5-6,15H,1,4,7-8H2,2H3. The first-order chi connectivity index (χ1) is 8.52. The minimum absolute atomic E-state index is 0.0661. The van der Waals surface area contributed by atoms with Crippen LogP contribution in [-0.2, 0) is 9.53 Å². The summed E-state index contributed by atoms with van der Waals surface area (Å²) >= 11 is 3.19. The number of halogens is 1. The second-order valence-corrected chi connectivity index (χ2v) is 4.56. The van der Waals surface area contributed by atoms with Crippen molar-refractivity contribution in [1.29, 1.82) is 0 Å². The summed E-state index contributed by atoms with van der Waals surface area (Å²) in [5.74, 6) is 0.0623. The van der Waals surface area contributed by atoms with Crippen LogP contribution in [-0.4, -0.2) is 24.3 Å². The van der Waals surface area contributed by atoms with Crippen LogP contribution in [0.3, 0.4) is 0 Å². The number of esters is 1. The highest BCUT2D eigenvalue weighted by Crippen LogP contribution is 2.33. The highest BCUT2D eigenvalue weighted by Gasteiger charge is 2.06. The molecule has 0 bridgehead atoms. The first-order valence-electron chi connectivity index (χ1n) is 5.45. The van der Waals surface area contributed by atoms with Crippen molar-refractivity contribution >= 4 is 21.9 Å². The molecule has 4 nitrogen and oxygen atoms in total. The Balaban J connectivity index is 2.28. The van der Waals surface area contributed by atoms with Gasteiger partial charge in [-0.05, 0) is 35.0 Å². The van der Waals surface area contributed by atoms with Gasteiger partial charge < -0.3 is 14.6 Å². The van der Waals surface area contributed by atoms with E-state index in [9.17, 15) is 9.90 Å². The van der Waals surface area contributed by atoms with E-state index in [4.69, 9.17) is 9.47 Å². The number of phenols is 1. The quantitative estimate of drug-likeness (QED) is 0.498. The van der Waals surface area contributed by atoms with Crippen molar-refractivity contribution < 1.29 is 19.4 Å². The highest BCUT2D eigenvalue weighted by atomic mass is 79.9. The highest BCUT2D eigenvalue weighted by molar-refractivity contribution is 9.10. The van der Waals surface area contributed by atoms with Gasteiger partial charge in [0.25, 0.3) is 0 Å². The van der Waals surface area contributed by atoms with Gasteiger partial charge in [-0.1, -0.05) is 12.6 Å². The van der Waals surface area contributed by atoms with Crippen LogP contribution in [0.4, 0.5) is 0 Å². The Kier molecular flexibility index (Phi) is 5.71. The summed E-state index contributed by atoms with van der Waals surface area (Å²) in [6.07, 6.45) is 0.547. The molecule has 0 saturated carbocycles. The average molecular weight is 315 g/mol. The number of phenolic OH excluding ortho intramolecular Hbond substituents is 1. The van der Waals surface area contributed by atoms with Crippen LogP contribution in [0.2, 0.25) is 0 Å². The van der Waals surface area contributed by atoms with Crippen LogP contribution in [0, 0.1) is 0 Å². The van der Waals surface area contributed by atoms with E-state index in [0.717, 1.165) is 0 Å². The van der Waals surface area contributed by atoms with Crippen LogP contribution >= 0.6 is 15.9 Å². The Bertz CT molecular complexity index is 443. The molecule has 1 N–H and O–H groups in total. The molecule has 0 atom stereocenters. The number of hydrogen-bond donors (Lipinski definition) is 1. The Hall–Kier alpha value is -1.49. The molecule has 98 valence electrons. The van der Waals surface area contributed by atoms with E-state index in [1.54, 1.807) is 25.1 Å². The van der Waals surface area contributed by atoms with E-state index in [-0.39, 0.29) is 12.4 Å². The summed E-state index contributed by atoms with van der Waals surface area (Å²) in [5.41, 5.74) is 0.376. The number of ether oxygens (including phenoxy) is 2. The first-order valence-corrected chi connectivity index (χ1v) is 6.24. The molecule has 0 amide bonds. The Morgan fingerprint density at radius 3 is 2.83 bits per heavy atom. The summed E-state index contributed by atoms with van der Waals surface area (Å²) < 4.78 is 10.8. The molecule has 1 aromatic rings. The fourth-order valence-corrected chi connectivity index (χ4v) is 1.49. The number of carbonyl (C=O) groups is 1. The molecule has 0 radical (unpaired) electrons. The predicted molar refractivity (Wildman–Crippen MR) is 71.7 cm³/mol. The fraction of sp³-hybridized carbons (Fsp3) is 0.308. The largest absolute Gasteiger partial charge is 0.503 e. The molecule has 0 aromatic heterocycles. The summed E-state index contributed by atoms with van der Waals surface area (Å²) in [4.78, 5) is 11.1. The van der Waals surface area contributed by atoms with Gasteiger partial charge in [0.1, 0.15) is 0 Å². The van der Waals surface area contributed by atoms with Gasteiger partial charge in [-0.15, -0.1) is 0 Å². The lowest BCUT2D eigenvalue weighted by Gasteiger charge is -2.09. The molecule has 1 aromatic carbocycles. The van der Waals surface area contributed by atoms with E-state index >= 15 is 0 Å². The molecule has 0 fully saturated rings. The Morgan fingerprint density at radius 2 is 2.17 bits per heavy atom. The molecule has 1 rings (SSSR count). The van der Waals surface area contributed by atoms with Crippen LogP contribution in [0.25, 0.3) is 0 Å². The maximum atomic E-state index is 11.1. The number of rotatable bonds is 6. The Morgan fingerprint density at radius 1 is 1.44 bits per heavy atom. The molecule has 0 unspecified atom stereocenters. The lowest BCUT2D eigenvalue weighted by Crippen LogP contribution is -2.09. The van der Waals surface area contributed by atoms with Crippen LogP contribution < -0.4 is 4.74 Å². The molecule has 18 heavy (non-hydrogen) atoms. The molecule has 0 saturated heterocycles. The van der Waals surface area contributed by atoms with Crippen molar-refractivity contribution in [3.63, 3.8) is 0 Å². The zero-order valence-corrected chi connectivity index (χ0v) is 11.7. The second kappa shape index (κ2) is 7.06. The van der Waals surface area contributed by atoms with E-state index in [2.05, 4.69) is 22.5 Å². The van der Waals surface area contributed by atoms with E-state index < -0.39 is 5.97 Å². The lowest BCUT2D eigenvalue weighted by atomic mass is 10.3. The van der Waals surface area contributed by atoms with Gasteiger partial charge in [-0.2, -0.15) is 0 Å².